The van der Waals surface area contributed by atoms with Crippen LogP contribution in [-0.4, -0.2) is 15.0 Å². The van der Waals surface area contributed by atoms with Crippen LogP contribution in [0.3, 0.4) is 0 Å². The van der Waals surface area contributed by atoms with Gasteiger partial charge in [0.05, 0.1) is 11.4 Å². The minimum atomic E-state index is -0.166. The second kappa shape index (κ2) is 6.11. The minimum Gasteiger partial charge on any atom is -0.302 e. The maximum atomic E-state index is 11.7. The number of hydrogen-bond donors (Lipinski definition) is 2. The second-order valence-corrected chi connectivity index (χ2v) is 6.06. The molecule has 0 radical (unpaired) electrons. The Morgan fingerprint density at radius 1 is 1.18 bits per heavy atom. The Hall–Kier alpha value is -2.47. The molecule has 0 saturated heterocycles. The molecule has 0 bridgehead atoms. The third kappa shape index (κ3) is 3.23. The molecule has 5 nitrogen and oxygen atoms in total. The van der Waals surface area contributed by atoms with Crippen molar-refractivity contribution in [3.05, 3.63) is 57.8 Å². The molecule has 0 fully saturated rings. The number of rotatable bonds is 4. The molecule has 112 valence electrons. The van der Waals surface area contributed by atoms with Crippen molar-refractivity contribution >= 4 is 22.4 Å². The molecular formula is C16H16N4OS. The number of nitrogens with one attached hydrogen (secondary N) is 2. The highest BCUT2D eigenvalue weighted by molar-refractivity contribution is 7.14. The van der Waals surface area contributed by atoms with E-state index in [-0.39, 0.29) is 11.5 Å². The summed E-state index contributed by atoms with van der Waals surface area (Å²) in [4.78, 5) is 23.3. The Kier molecular flexibility index (Phi) is 4.02. The highest BCUT2D eigenvalue weighted by atomic mass is 32.1. The van der Waals surface area contributed by atoms with E-state index < -0.39 is 0 Å². The largest absolute Gasteiger partial charge is 0.302 e. The molecule has 0 atom stereocenters. The lowest BCUT2D eigenvalue weighted by molar-refractivity contribution is 0.812. The highest BCUT2D eigenvalue weighted by Gasteiger charge is 2.08. The third-order valence-corrected chi connectivity index (χ3v) is 3.91. The first kappa shape index (κ1) is 14.5. The van der Waals surface area contributed by atoms with E-state index in [2.05, 4.69) is 20.3 Å². The molecule has 1 aromatic carbocycles. The van der Waals surface area contributed by atoms with Gasteiger partial charge in [0.25, 0.3) is 5.56 Å². The third-order valence-electron chi connectivity index (χ3n) is 3.15. The average Bonchev–Trinajstić information content (AvgIpc) is 2.96. The zero-order valence-electron chi connectivity index (χ0n) is 12.3. The maximum Gasteiger partial charge on any atom is 0.252 e. The standard InChI is InChI=1S/C16H16N4OS/c1-10(2)12-8-14(21)19-15(17-12)20-16-18-13(9-22-16)11-6-4-3-5-7-11/h3-10H,1-2H3,(H2,17,18,19,20,21). The summed E-state index contributed by atoms with van der Waals surface area (Å²) in [6, 6.07) is 11.5. The van der Waals surface area contributed by atoms with Gasteiger partial charge in [-0.1, -0.05) is 44.2 Å². The normalized spacial score (nSPS) is 10.9. The summed E-state index contributed by atoms with van der Waals surface area (Å²) in [5.41, 5.74) is 2.55. The lowest BCUT2D eigenvalue weighted by Gasteiger charge is -2.06. The lowest BCUT2D eigenvalue weighted by atomic mass is 10.1. The molecule has 0 saturated carbocycles. The number of aromatic nitrogens is 3. The number of anilines is 2. The molecule has 22 heavy (non-hydrogen) atoms. The number of nitrogens with zero attached hydrogens (tertiary/aromatic N) is 2. The first-order valence-corrected chi connectivity index (χ1v) is 7.89. The molecule has 2 aromatic heterocycles. The lowest BCUT2D eigenvalue weighted by Crippen LogP contribution is -2.12. The SMILES string of the molecule is CC(C)c1cc(=O)[nH]c(Nc2nc(-c3ccccc3)cs2)n1. The van der Waals surface area contributed by atoms with Gasteiger partial charge in [0.2, 0.25) is 5.95 Å². The van der Waals surface area contributed by atoms with Gasteiger partial charge in [-0.2, -0.15) is 0 Å². The van der Waals surface area contributed by atoms with Gasteiger partial charge < -0.3 is 5.32 Å². The van der Waals surface area contributed by atoms with Crippen molar-refractivity contribution in [3.63, 3.8) is 0 Å². The zero-order valence-corrected chi connectivity index (χ0v) is 13.1. The molecule has 0 aliphatic carbocycles. The molecule has 2 heterocycles. The summed E-state index contributed by atoms with van der Waals surface area (Å²) >= 11 is 1.48. The molecule has 0 unspecified atom stereocenters. The molecule has 0 aliphatic heterocycles. The average molecular weight is 312 g/mol. The summed E-state index contributed by atoms with van der Waals surface area (Å²) in [5, 5.41) is 5.74. The van der Waals surface area contributed by atoms with Gasteiger partial charge in [0, 0.05) is 17.0 Å². The van der Waals surface area contributed by atoms with Crippen LogP contribution >= 0.6 is 11.3 Å². The van der Waals surface area contributed by atoms with E-state index in [1.54, 1.807) is 0 Å². The van der Waals surface area contributed by atoms with Crippen LogP contribution in [0, 0.1) is 0 Å². The monoisotopic (exact) mass is 312 g/mol. The van der Waals surface area contributed by atoms with Crippen molar-refractivity contribution < 1.29 is 0 Å². The van der Waals surface area contributed by atoms with Gasteiger partial charge in [-0.3, -0.25) is 9.78 Å². The number of aromatic amines is 1. The molecule has 0 spiro atoms. The van der Waals surface area contributed by atoms with Gasteiger partial charge >= 0.3 is 0 Å². The Bertz CT molecular complexity index is 823. The van der Waals surface area contributed by atoms with Crippen molar-refractivity contribution in [3.8, 4) is 11.3 Å². The van der Waals surface area contributed by atoms with E-state index in [1.165, 1.54) is 17.4 Å². The molecule has 2 N–H and O–H groups in total. The highest BCUT2D eigenvalue weighted by Crippen LogP contribution is 2.26. The first-order valence-electron chi connectivity index (χ1n) is 7.01. The van der Waals surface area contributed by atoms with Gasteiger partial charge in [0.1, 0.15) is 0 Å². The van der Waals surface area contributed by atoms with Crippen molar-refractivity contribution in [2.24, 2.45) is 0 Å². The minimum absolute atomic E-state index is 0.166. The smallest absolute Gasteiger partial charge is 0.252 e. The predicted molar refractivity (Wildman–Crippen MR) is 89.8 cm³/mol. The quantitative estimate of drug-likeness (QED) is 0.769. The van der Waals surface area contributed by atoms with E-state index in [1.807, 2.05) is 49.6 Å². The summed E-state index contributed by atoms with van der Waals surface area (Å²) in [6.45, 7) is 4.00. The van der Waals surface area contributed by atoms with Crippen LogP contribution in [0.5, 0.6) is 0 Å². The molecular weight excluding hydrogens is 296 g/mol. The van der Waals surface area contributed by atoms with Crippen molar-refractivity contribution in [1.82, 2.24) is 15.0 Å². The Morgan fingerprint density at radius 2 is 1.95 bits per heavy atom. The van der Waals surface area contributed by atoms with E-state index in [9.17, 15) is 4.79 Å². The topological polar surface area (TPSA) is 70.7 Å². The van der Waals surface area contributed by atoms with Crippen LogP contribution in [0.25, 0.3) is 11.3 Å². The summed E-state index contributed by atoms with van der Waals surface area (Å²) < 4.78 is 0. The van der Waals surface area contributed by atoms with E-state index >= 15 is 0 Å². The van der Waals surface area contributed by atoms with Crippen LogP contribution in [0.2, 0.25) is 0 Å². The van der Waals surface area contributed by atoms with Crippen LogP contribution < -0.4 is 10.9 Å². The van der Waals surface area contributed by atoms with Crippen LogP contribution in [-0.2, 0) is 0 Å². The number of hydrogen-bond acceptors (Lipinski definition) is 5. The van der Waals surface area contributed by atoms with Crippen LogP contribution in [0.1, 0.15) is 25.5 Å². The zero-order chi connectivity index (χ0) is 15.5. The van der Waals surface area contributed by atoms with Gasteiger partial charge in [0.15, 0.2) is 5.13 Å². The van der Waals surface area contributed by atoms with Crippen molar-refractivity contribution in [1.29, 1.82) is 0 Å². The molecule has 6 heteroatoms. The number of benzene rings is 1. The van der Waals surface area contributed by atoms with Gasteiger partial charge in [-0.25, -0.2) is 9.97 Å². The summed E-state index contributed by atoms with van der Waals surface area (Å²) in [6.07, 6.45) is 0. The predicted octanol–water partition coefficient (Wildman–Crippen LogP) is 3.76. The fraction of sp³-hybridized carbons (Fsp3) is 0.188. The summed E-state index contributed by atoms with van der Waals surface area (Å²) in [5.74, 6) is 0.615. The van der Waals surface area contributed by atoms with Crippen LogP contribution in [0.4, 0.5) is 11.1 Å². The van der Waals surface area contributed by atoms with E-state index in [0.29, 0.717) is 11.1 Å². The number of thiazole rings is 1. The van der Waals surface area contributed by atoms with Crippen LogP contribution in [0.15, 0.2) is 46.6 Å². The molecule has 0 amide bonds. The molecule has 0 aliphatic rings. The molecule has 3 rings (SSSR count). The Labute approximate surface area is 132 Å². The fourth-order valence-corrected chi connectivity index (χ4v) is 2.72. The fourth-order valence-electron chi connectivity index (χ4n) is 2.01. The second-order valence-electron chi connectivity index (χ2n) is 5.20. The van der Waals surface area contributed by atoms with Crippen molar-refractivity contribution in [2.45, 2.75) is 19.8 Å². The van der Waals surface area contributed by atoms with E-state index in [4.69, 9.17) is 0 Å². The van der Waals surface area contributed by atoms with E-state index in [0.717, 1.165) is 17.0 Å². The van der Waals surface area contributed by atoms with Gasteiger partial charge in [-0.05, 0) is 5.92 Å². The summed E-state index contributed by atoms with van der Waals surface area (Å²) in [7, 11) is 0. The maximum absolute atomic E-state index is 11.7. The Balaban J connectivity index is 1.85. The molecule has 3 aromatic rings. The number of H-pyrrole nitrogens is 1. The Morgan fingerprint density at radius 3 is 2.68 bits per heavy atom. The first-order chi connectivity index (χ1) is 10.6. The van der Waals surface area contributed by atoms with Crippen molar-refractivity contribution in [2.75, 3.05) is 5.32 Å². The van der Waals surface area contributed by atoms with Gasteiger partial charge in [-0.15, -0.1) is 11.3 Å².